The molecule has 1 aromatic carbocycles. The first-order chi connectivity index (χ1) is 9.68. The van der Waals surface area contributed by atoms with E-state index in [0.717, 1.165) is 23.6 Å². The molecule has 0 fully saturated rings. The van der Waals surface area contributed by atoms with Crippen LogP contribution in [0.1, 0.15) is 51.7 Å². The molecule has 0 spiro atoms. The summed E-state index contributed by atoms with van der Waals surface area (Å²) in [5.74, 6) is 0.670. The van der Waals surface area contributed by atoms with Gasteiger partial charge in [0.2, 0.25) is 0 Å². The molecule has 0 bridgehead atoms. The standard InChI is InChI=1S/C17H24FN3/c1-16(2,3)20-11-14-10-19-15(21-14)17(4,5)12-6-8-13(18)9-7-12/h6-10,20H,11H2,1-5H3,(H,19,21). The summed E-state index contributed by atoms with van der Waals surface area (Å²) in [6.07, 6.45) is 1.86. The van der Waals surface area contributed by atoms with Crippen molar-refractivity contribution < 1.29 is 4.39 Å². The lowest BCUT2D eigenvalue weighted by Gasteiger charge is -2.23. The molecule has 0 aliphatic carbocycles. The molecule has 0 aliphatic heterocycles. The normalized spacial score (nSPS) is 12.7. The molecule has 0 saturated carbocycles. The molecule has 4 heteroatoms. The van der Waals surface area contributed by atoms with Gasteiger partial charge in [0.1, 0.15) is 11.6 Å². The van der Waals surface area contributed by atoms with Gasteiger partial charge in [0.15, 0.2) is 0 Å². The molecule has 2 N–H and O–H groups in total. The predicted octanol–water partition coefficient (Wildman–Crippen LogP) is 3.76. The van der Waals surface area contributed by atoms with E-state index in [0.29, 0.717) is 0 Å². The lowest BCUT2D eigenvalue weighted by Crippen LogP contribution is -2.35. The van der Waals surface area contributed by atoms with E-state index >= 15 is 0 Å². The first-order valence-corrected chi connectivity index (χ1v) is 7.24. The smallest absolute Gasteiger partial charge is 0.123 e. The SMILES string of the molecule is CC(C)(C)NCc1cnc(C(C)(C)c2ccc(F)cc2)[nH]1. The van der Waals surface area contributed by atoms with E-state index in [4.69, 9.17) is 0 Å². The van der Waals surface area contributed by atoms with Gasteiger partial charge in [-0.25, -0.2) is 9.37 Å². The van der Waals surface area contributed by atoms with Crippen molar-refractivity contribution in [3.63, 3.8) is 0 Å². The topological polar surface area (TPSA) is 40.7 Å². The zero-order valence-corrected chi connectivity index (χ0v) is 13.4. The summed E-state index contributed by atoms with van der Waals surface area (Å²) in [6.45, 7) is 11.3. The maximum Gasteiger partial charge on any atom is 0.123 e. The second-order valence-electron chi connectivity index (χ2n) is 6.99. The van der Waals surface area contributed by atoms with Gasteiger partial charge >= 0.3 is 0 Å². The highest BCUT2D eigenvalue weighted by molar-refractivity contribution is 5.31. The van der Waals surface area contributed by atoms with Gasteiger partial charge in [0, 0.05) is 29.4 Å². The summed E-state index contributed by atoms with van der Waals surface area (Å²) in [7, 11) is 0. The molecule has 2 rings (SSSR count). The summed E-state index contributed by atoms with van der Waals surface area (Å²) in [6, 6.07) is 6.60. The number of aromatic nitrogens is 2. The largest absolute Gasteiger partial charge is 0.344 e. The van der Waals surface area contributed by atoms with E-state index in [2.05, 4.69) is 49.9 Å². The Bertz CT molecular complexity index is 591. The number of nitrogens with one attached hydrogen (secondary N) is 2. The number of halogens is 1. The molecule has 0 unspecified atom stereocenters. The Labute approximate surface area is 126 Å². The van der Waals surface area contributed by atoms with Crippen molar-refractivity contribution in [1.82, 2.24) is 15.3 Å². The summed E-state index contributed by atoms with van der Waals surface area (Å²) >= 11 is 0. The third-order valence-electron chi connectivity index (χ3n) is 3.60. The minimum absolute atomic E-state index is 0.0672. The number of nitrogens with zero attached hydrogens (tertiary/aromatic N) is 1. The van der Waals surface area contributed by atoms with Crippen molar-refractivity contribution in [2.75, 3.05) is 0 Å². The van der Waals surface area contributed by atoms with Crippen LogP contribution in [-0.2, 0) is 12.0 Å². The van der Waals surface area contributed by atoms with E-state index in [9.17, 15) is 4.39 Å². The molecule has 0 aliphatic rings. The average Bonchev–Trinajstić information content (AvgIpc) is 2.85. The minimum atomic E-state index is -0.284. The number of benzene rings is 1. The van der Waals surface area contributed by atoms with Crippen LogP contribution in [0.4, 0.5) is 4.39 Å². The van der Waals surface area contributed by atoms with Gasteiger partial charge in [-0.2, -0.15) is 0 Å². The van der Waals surface area contributed by atoms with Crippen molar-refractivity contribution >= 4 is 0 Å². The Morgan fingerprint density at radius 3 is 2.29 bits per heavy atom. The molecule has 0 atom stereocenters. The first kappa shape index (κ1) is 15.7. The Morgan fingerprint density at radius 2 is 1.71 bits per heavy atom. The maximum absolute atomic E-state index is 13.1. The second kappa shape index (κ2) is 5.60. The molecule has 0 amide bonds. The lowest BCUT2D eigenvalue weighted by atomic mass is 9.84. The van der Waals surface area contributed by atoms with Crippen molar-refractivity contribution in [3.05, 3.63) is 53.4 Å². The van der Waals surface area contributed by atoms with E-state index in [-0.39, 0.29) is 16.8 Å². The van der Waals surface area contributed by atoms with Gasteiger partial charge in [-0.15, -0.1) is 0 Å². The Hall–Kier alpha value is -1.68. The molecule has 1 heterocycles. The highest BCUT2D eigenvalue weighted by Crippen LogP contribution is 2.29. The molecule has 0 radical (unpaired) electrons. The Balaban J connectivity index is 2.17. The fraction of sp³-hybridized carbons (Fsp3) is 0.471. The van der Waals surface area contributed by atoms with E-state index in [1.54, 1.807) is 0 Å². The lowest BCUT2D eigenvalue weighted by molar-refractivity contribution is 0.421. The molecular weight excluding hydrogens is 265 g/mol. The molecule has 114 valence electrons. The highest BCUT2D eigenvalue weighted by Gasteiger charge is 2.26. The van der Waals surface area contributed by atoms with Gasteiger partial charge in [-0.05, 0) is 52.3 Å². The van der Waals surface area contributed by atoms with Crippen molar-refractivity contribution in [3.8, 4) is 0 Å². The highest BCUT2D eigenvalue weighted by atomic mass is 19.1. The zero-order valence-electron chi connectivity index (χ0n) is 13.4. The summed E-state index contributed by atoms with van der Waals surface area (Å²) < 4.78 is 13.1. The molecule has 2 aromatic rings. The number of imidazole rings is 1. The van der Waals surface area contributed by atoms with Crippen LogP contribution in [0, 0.1) is 5.82 Å². The summed E-state index contributed by atoms with van der Waals surface area (Å²) in [5, 5.41) is 3.43. The second-order valence-corrected chi connectivity index (χ2v) is 6.99. The molecule has 3 nitrogen and oxygen atoms in total. The third-order valence-corrected chi connectivity index (χ3v) is 3.60. The van der Waals surface area contributed by atoms with Crippen LogP contribution in [0.25, 0.3) is 0 Å². The van der Waals surface area contributed by atoms with Crippen LogP contribution in [0.3, 0.4) is 0 Å². The van der Waals surface area contributed by atoms with Crippen molar-refractivity contribution in [1.29, 1.82) is 0 Å². The minimum Gasteiger partial charge on any atom is -0.344 e. The number of rotatable bonds is 4. The maximum atomic E-state index is 13.1. The average molecular weight is 289 g/mol. The Kier molecular flexibility index (Phi) is 4.19. The summed E-state index contributed by atoms with van der Waals surface area (Å²) in [4.78, 5) is 7.87. The Morgan fingerprint density at radius 1 is 1.10 bits per heavy atom. The number of H-pyrrole nitrogens is 1. The van der Waals surface area contributed by atoms with Gasteiger partial charge in [0.05, 0.1) is 0 Å². The number of hydrogen-bond donors (Lipinski definition) is 2. The van der Waals surface area contributed by atoms with Gasteiger partial charge in [-0.3, -0.25) is 0 Å². The van der Waals surface area contributed by atoms with Crippen molar-refractivity contribution in [2.45, 2.75) is 52.1 Å². The van der Waals surface area contributed by atoms with Crippen LogP contribution >= 0.6 is 0 Å². The molecule has 21 heavy (non-hydrogen) atoms. The third kappa shape index (κ3) is 3.91. The molecular formula is C17H24FN3. The van der Waals surface area contributed by atoms with Crippen LogP contribution in [0.5, 0.6) is 0 Å². The fourth-order valence-electron chi connectivity index (χ4n) is 2.13. The van der Waals surface area contributed by atoms with Gasteiger partial charge in [0.25, 0.3) is 0 Å². The van der Waals surface area contributed by atoms with Crippen LogP contribution in [0.2, 0.25) is 0 Å². The quantitative estimate of drug-likeness (QED) is 0.899. The van der Waals surface area contributed by atoms with E-state index in [1.807, 2.05) is 18.3 Å². The van der Waals surface area contributed by atoms with Gasteiger partial charge in [-0.1, -0.05) is 12.1 Å². The zero-order chi connectivity index (χ0) is 15.7. The summed E-state index contributed by atoms with van der Waals surface area (Å²) in [5.41, 5.74) is 1.87. The van der Waals surface area contributed by atoms with Crippen molar-refractivity contribution in [2.24, 2.45) is 0 Å². The van der Waals surface area contributed by atoms with Crippen LogP contribution in [-0.4, -0.2) is 15.5 Å². The first-order valence-electron chi connectivity index (χ1n) is 7.24. The fourth-order valence-corrected chi connectivity index (χ4v) is 2.13. The monoisotopic (exact) mass is 289 g/mol. The molecule has 1 aromatic heterocycles. The van der Waals surface area contributed by atoms with E-state index < -0.39 is 0 Å². The van der Waals surface area contributed by atoms with Gasteiger partial charge < -0.3 is 10.3 Å². The van der Waals surface area contributed by atoms with Crippen LogP contribution < -0.4 is 5.32 Å². The molecule has 0 saturated heterocycles. The van der Waals surface area contributed by atoms with Crippen LogP contribution in [0.15, 0.2) is 30.5 Å². The predicted molar refractivity (Wildman–Crippen MR) is 83.7 cm³/mol. The number of hydrogen-bond acceptors (Lipinski definition) is 2. The number of aromatic amines is 1. The van der Waals surface area contributed by atoms with E-state index in [1.165, 1.54) is 12.1 Å².